The van der Waals surface area contributed by atoms with E-state index in [0.717, 1.165) is 0 Å². The number of hydrogen-bond acceptors (Lipinski definition) is 4. The van der Waals surface area contributed by atoms with Crippen LogP contribution in [-0.2, 0) is 13.1 Å². The molecule has 0 unspecified atom stereocenters. The van der Waals surface area contributed by atoms with Crippen LogP contribution in [0.5, 0.6) is 5.75 Å². The monoisotopic (exact) mass is 505 g/mol. The highest BCUT2D eigenvalue weighted by molar-refractivity contribution is 5.94. The van der Waals surface area contributed by atoms with E-state index in [0.29, 0.717) is 55.7 Å². The first-order chi connectivity index (χ1) is 17.3. The average Bonchev–Trinajstić information content (AvgIpc) is 2.86. The third-order valence-electron chi connectivity index (χ3n) is 6.16. The predicted octanol–water partition coefficient (Wildman–Crippen LogP) is 5.41. The maximum atomic E-state index is 14.4. The normalized spacial score (nSPS) is 14.7. The molecule has 1 saturated heterocycles. The number of para-hydroxylation sites is 1. The standard InChI is InChI=1S/C26H24F5N3O2/c27-21-13-23(29)22(28)12-20(21)25(35)34(15-17-4-3-9-32-14-17)19-7-10-33(11-8-19)16-18-5-1-2-6-24(18)36-26(30)31/h1-6,9,12-14,19,26H,7-8,10-11,15-16H2. The van der Waals surface area contributed by atoms with Crippen molar-refractivity contribution in [2.24, 2.45) is 0 Å². The molecule has 1 aliphatic heterocycles. The minimum atomic E-state index is -2.93. The van der Waals surface area contributed by atoms with Crippen molar-refractivity contribution in [2.75, 3.05) is 13.1 Å². The molecule has 3 aromatic rings. The van der Waals surface area contributed by atoms with Crippen molar-refractivity contribution in [3.05, 3.63) is 95.1 Å². The highest BCUT2D eigenvalue weighted by Gasteiger charge is 2.31. The van der Waals surface area contributed by atoms with E-state index in [2.05, 4.69) is 14.6 Å². The minimum Gasteiger partial charge on any atom is -0.434 e. The maximum Gasteiger partial charge on any atom is 0.387 e. The Bertz CT molecular complexity index is 1190. The van der Waals surface area contributed by atoms with Crippen LogP contribution in [0.15, 0.2) is 60.9 Å². The number of carbonyl (C=O) groups is 1. The largest absolute Gasteiger partial charge is 0.434 e. The van der Waals surface area contributed by atoms with E-state index in [9.17, 15) is 26.7 Å². The minimum absolute atomic E-state index is 0.108. The lowest BCUT2D eigenvalue weighted by Crippen LogP contribution is -2.47. The molecule has 0 bridgehead atoms. The van der Waals surface area contributed by atoms with Crippen molar-refractivity contribution < 1.29 is 31.5 Å². The van der Waals surface area contributed by atoms with Gasteiger partial charge in [0.05, 0.1) is 5.56 Å². The SMILES string of the molecule is O=C(c1cc(F)c(F)cc1F)N(Cc1cccnc1)C1CCN(Cc2ccccc2OC(F)F)CC1. The summed E-state index contributed by atoms with van der Waals surface area (Å²) in [4.78, 5) is 20.9. The van der Waals surface area contributed by atoms with Gasteiger partial charge < -0.3 is 9.64 Å². The molecule has 0 N–H and O–H groups in total. The van der Waals surface area contributed by atoms with Gasteiger partial charge in [0, 0.05) is 56.2 Å². The van der Waals surface area contributed by atoms with Crippen LogP contribution in [0.2, 0.25) is 0 Å². The van der Waals surface area contributed by atoms with Crippen LogP contribution < -0.4 is 4.74 Å². The lowest BCUT2D eigenvalue weighted by Gasteiger charge is -2.39. The maximum absolute atomic E-state index is 14.4. The Kier molecular flexibility index (Phi) is 8.14. The summed E-state index contributed by atoms with van der Waals surface area (Å²) in [6.45, 7) is -1.37. The van der Waals surface area contributed by atoms with E-state index in [1.807, 2.05) is 0 Å². The zero-order valence-corrected chi connectivity index (χ0v) is 19.2. The first kappa shape index (κ1) is 25.6. The van der Waals surface area contributed by atoms with Crippen LogP contribution in [0.1, 0.15) is 34.3 Å². The molecule has 1 fully saturated rings. The fraction of sp³-hybridized carbons (Fsp3) is 0.308. The number of piperidine rings is 1. The molecule has 4 rings (SSSR count). The first-order valence-electron chi connectivity index (χ1n) is 11.4. The summed E-state index contributed by atoms with van der Waals surface area (Å²) in [5.74, 6) is -4.45. The molecule has 0 saturated carbocycles. The highest BCUT2D eigenvalue weighted by Crippen LogP contribution is 2.27. The average molecular weight is 505 g/mol. The van der Waals surface area contributed by atoms with Crippen molar-refractivity contribution in [1.29, 1.82) is 0 Å². The van der Waals surface area contributed by atoms with Gasteiger partial charge in [0.2, 0.25) is 0 Å². The number of amides is 1. The van der Waals surface area contributed by atoms with Crippen LogP contribution in [0.3, 0.4) is 0 Å². The zero-order chi connectivity index (χ0) is 25.7. The van der Waals surface area contributed by atoms with Gasteiger partial charge in [-0.15, -0.1) is 0 Å². The molecule has 0 radical (unpaired) electrons. The molecule has 0 atom stereocenters. The van der Waals surface area contributed by atoms with Crippen molar-refractivity contribution in [2.45, 2.75) is 38.6 Å². The number of pyridine rings is 1. The fourth-order valence-corrected chi connectivity index (χ4v) is 4.37. The van der Waals surface area contributed by atoms with Gasteiger partial charge in [0.15, 0.2) is 11.6 Å². The molecule has 10 heteroatoms. The van der Waals surface area contributed by atoms with Crippen molar-refractivity contribution in [3.8, 4) is 5.75 Å². The highest BCUT2D eigenvalue weighted by atomic mass is 19.3. The van der Waals surface area contributed by atoms with E-state index in [1.165, 1.54) is 11.0 Å². The van der Waals surface area contributed by atoms with Crippen molar-refractivity contribution in [3.63, 3.8) is 0 Å². The summed E-state index contributed by atoms with van der Waals surface area (Å²) in [5.41, 5.74) is 0.774. The number of ether oxygens (including phenoxy) is 1. The Morgan fingerprint density at radius 3 is 2.44 bits per heavy atom. The molecule has 1 amide bonds. The third-order valence-corrected chi connectivity index (χ3v) is 6.16. The van der Waals surface area contributed by atoms with Gasteiger partial charge in [-0.1, -0.05) is 24.3 Å². The number of hydrogen-bond donors (Lipinski definition) is 0. The molecule has 2 heterocycles. The molecular weight excluding hydrogens is 481 g/mol. The van der Waals surface area contributed by atoms with Gasteiger partial charge in [0.25, 0.3) is 5.91 Å². The van der Waals surface area contributed by atoms with Gasteiger partial charge in [-0.3, -0.25) is 14.7 Å². The summed E-state index contributed by atoms with van der Waals surface area (Å²) in [6, 6.07) is 10.7. The van der Waals surface area contributed by atoms with E-state index in [4.69, 9.17) is 0 Å². The zero-order valence-electron chi connectivity index (χ0n) is 19.2. The lowest BCUT2D eigenvalue weighted by atomic mass is 10.00. The summed E-state index contributed by atoms with van der Waals surface area (Å²) in [7, 11) is 0. The van der Waals surface area contributed by atoms with E-state index in [1.54, 1.807) is 42.7 Å². The number of halogens is 5. The van der Waals surface area contributed by atoms with E-state index < -0.39 is 35.5 Å². The van der Waals surface area contributed by atoms with Gasteiger partial charge in [0.1, 0.15) is 11.6 Å². The Morgan fingerprint density at radius 2 is 1.75 bits per heavy atom. The van der Waals surface area contributed by atoms with Gasteiger partial charge >= 0.3 is 6.61 Å². The predicted molar refractivity (Wildman–Crippen MR) is 122 cm³/mol. The molecule has 5 nitrogen and oxygen atoms in total. The summed E-state index contributed by atoms with van der Waals surface area (Å²) in [6.07, 6.45) is 4.18. The number of carbonyl (C=O) groups excluding carboxylic acids is 1. The molecule has 0 spiro atoms. The van der Waals surface area contributed by atoms with E-state index in [-0.39, 0.29) is 18.3 Å². The Labute approximate surface area is 205 Å². The van der Waals surface area contributed by atoms with Crippen LogP contribution >= 0.6 is 0 Å². The number of benzene rings is 2. The van der Waals surface area contributed by atoms with Crippen LogP contribution in [0.25, 0.3) is 0 Å². The first-order valence-corrected chi connectivity index (χ1v) is 11.4. The Balaban J connectivity index is 1.50. The topological polar surface area (TPSA) is 45.7 Å². The molecule has 1 aliphatic rings. The summed E-state index contributed by atoms with van der Waals surface area (Å²) >= 11 is 0. The second-order valence-electron chi connectivity index (χ2n) is 8.53. The van der Waals surface area contributed by atoms with Crippen LogP contribution in [0.4, 0.5) is 22.0 Å². The molecule has 1 aromatic heterocycles. The summed E-state index contributed by atoms with van der Waals surface area (Å²) < 4.78 is 71.8. The Morgan fingerprint density at radius 1 is 1.03 bits per heavy atom. The van der Waals surface area contributed by atoms with E-state index >= 15 is 0 Å². The third kappa shape index (κ3) is 6.17. The fourth-order valence-electron chi connectivity index (χ4n) is 4.37. The molecule has 190 valence electrons. The number of nitrogens with zero attached hydrogens (tertiary/aromatic N) is 3. The molecule has 2 aromatic carbocycles. The van der Waals surface area contributed by atoms with Crippen molar-refractivity contribution in [1.82, 2.24) is 14.8 Å². The second kappa shape index (κ2) is 11.5. The van der Waals surface area contributed by atoms with Gasteiger partial charge in [-0.25, -0.2) is 13.2 Å². The lowest BCUT2D eigenvalue weighted by molar-refractivity contribution is -0.0508. The number of aromatic nitrogens is 1. The smallest absolute Gasteiger partial charge is 0.387 e. The van der Waals surface area contributed by atoms with Gasteiger partial charge in [-0.05, 0) is 36.6 Å². The molecule has 36 heavy (non-hydrogen) atoms. The summed E-state index contributed by atoms with van der Waals surface area (Å²) in [5, 5.41) is 0. The van der Waals surface area contributed by atoms with Crippen molar-refractivity contribution >= 4 is 5.91 Å². The number of rotatable bonds is 8. The molecular formula is C26H24F5N3O2. The van der Waals surface area contributed by atoms with Crippen LogP contribution in [0, 0.1) is 17.5 Å². The Hall–Kier alpha value is -3.53. The van der Waals surface area contributed by atoms with Gasteiger partial charge in [-0.2, -0.15) is 8.78 Å². The number of alkyl halides is 2. The molecule has 0 aliphatic carbocycles. The quantitative estimate of drug-likeness (QED) is 0.304. The second-order valence-corrected chi connectivity index (χ2v) is 8.53. The number of likely N-dealkylation sites (tertiary alicyclic amines) is 1. The van der Waals surface area contributed by atoms with Crippen LogP contribution in [-0.4, -0.2) is 46.4 Å².